The lowest BCUT2D eigenvalue weighted by Gasteiger charge is -2.05. The lowest BCUT2D eigenvalue weighted by atomic mass is 10.1. The van der Waals surface area contributed by atoms with Gasteiger partial charge in [-0.25, -0.2) is 4.98 Å². The fourth-order valence-corrected chi connectivity index (χ4v) is 1.43. The molecule has 1 heterocycles. The number of hydrogen-bond acceptors (Lipinski definition) is 4. The minimum Gasteiger partial charge on any atom is -0.383 e. The first kappa shape index (κ1) is 8.74. The van der Waals surface area contributed by atoms with Crippen LogP contribution >= 0.6 is 0 Å². The van der Waals surface area contributed by atoms with Crippen molar-refractivity contribution in [2.45, 2.75) is 13.8 Å². The molecule has 14 heavy (non-hydrogen) atoms. The zero-order valence-corrected chi connectivity index (χ0v) is 8.20. The molecule has 4 heteroatoms. The Morgan fingerprint density at radius 3 is 2.36 bits per heavy atom. The van der Waals surface area contributed by atoms with E-state index in [1.54, 1.807) is 0 Å². The van der Waals surface area contributed by atoms with Gasteiger partial charge in [0.15, 0.2) is 0 Å². The predicted octanol–water partition coefficient (Wildman–Crippen LogP) is 1.41. The fourth-order valence-electron chi connectivity index (χ4n) is 1.43. The summed E-state index contributed by atoms with van der Waals surface area (Å²) < 4.78 is 0. The first-order valence-electron chi connectivity index (χ1n) is 4.38. The lowest BCUT2D eigenvalue weighted by Crippen LogP contribution is -2.01. The van der Waals surface area contributed by atoms with E-state index in [1.807, 2.05) is 26.0 Å². The molecule has 2 rings (SSSR count). The SMILES string of the molecule is Cc1cc2nc(N)nc(N)c2cc1C. The van der Waals surface area contributed by atoms with E-state index >= 15 is 0 Å². The summed E-state index contributed by atoms with van der Waals surface area (Å²) in [6, 6.07) is 3.96. The van der Waals surface area contributed by atoms with Crippen LogP contribution in [0.15, 0.2) is 12.1 Å². The van der Waals surface area contributed by atoms with Crippen LogP contribution < -0.4 is 11.5 Å². The van der Waals surface area contributed by atoms with Gasteiger partial charge in [-0.3, -0.25) is 0 Å². The summed E-state index contributed by atoms with van der Waals surface area (Å²) in [7, 11) is 0. The van der Waals surface area contributed by atoms with Crippen LogP contribution in [0.3, 0.4) is 0 Å². The number of aryl methyl sites for hydroxylation is 2. The highest BCUT2D eigenvalue weighted by molar-refractivity contribution is 5.89. The molecule has 0 spiro atoms. The average molecular weight is 188 g/mol. The second-order valence-electron chi connectivity index (χ2n) is 3.42. The van der Waals surface area contributed by atoms with Gasteiger partial charge in [-0.1, -0.05) is 0 Å². The Morgan fingerprint density at radius 2 is 1.64 bits per heavy atom. The number of nitrogens with two attached hydrogens (primary N) is 2. The van der Waals surface area contributed by atoms with E-state index in [9.17, 15) is 0 Å². The summed E-state index contributed by atoms with van der Waals surface area (Å²) in [6.45, 7) is 4.06. The highest BCUT2D eigenvalue weighted by atomic mass is 15.0. The summed E-state index contributed by atoms with van der Waals surface area (Å²) >= 11 is 0. The number of fused-ring (bicyclic) bond motifs is 1. The number of nitrogens with zero attached hydrogens (tertiary/aromatic N) is 2. The summed E-state index contributed by atoms with van der Waals surface area (Å²) in [5.41, 5.74) is 14.4. The quantitative estimate of drug-likeness (QED) is 0.655. The Hall–Kier alpha value is -1.84. The van der Waals surface area contributed by atoms with Gasteiger partial charge in [-0.15, -0.1) is 0 Å². The Labute approximate surface area is 82.0 Å². The maximum absolute atomic E-state index is 5.74. The molecular formula is C10H12N4. The van der Waals surface area contributed by atoms with Gasteiger partial charge in [0.2, 0.25) is 5.95 Å². The van der Waals surface area contributed by atoms with Crippen molar-refractivity contribution in [1.29, 1.82) is 0 Å². The van der Waals surface area contributed by atoms with Gasteiger partial charge >= 0.3 is 0 Å². The normalized spacial score (nSPS) is 10.7. The minimum atomic E-state index is 0.221. The van der Waals surface area contributed by atoms with Crippen molar-refractivity contribution in [1.82, 2.24) is 9.97 Å². The van der Waals surface area contributed by atoms with E-state index in [4.69, 9.17) is 11.5 Å². The van der Waals surface area contributed by atoms with Crippen LogP contribution in [0.25, 0.3) is 10.9 Å². The third-order valence-corrected chi connectivity index (χ3v) is 2.36. The third kappa shape index (κ3) is 1.25. The van der Waals surface area contributed by atoms with Crippen molar-refractivity contribution in [3.8, 4) is 0 Å². The monoisotopic (exact) mass is 188 g/mol. The van der Waals surface area contributed by atoms with Crippen LogP contribution in [0, 0.1) is 13.8 Å². The van der Waals surface area contributed by atoms with Crippen molar-refractivity contribution in [3.63, 3.8) is 0 Å². The molecule has 0 aliphatic rings. The topological polar surface area (TPSA) is 77.8 Å². The van der Waals surface area contributed by atoms with Crippen LogP contribution in [0.2, 0.25) is 0 Å². The molecule has 0 aliphatic carbocycles. The number of nitrogen functional groups attached to an aromatic ring is 2. The molecule has 0 saturated carbocycles. The van der Waals surface area contributed by atoms with E-state index in [0.717, 1.165) is 10.9 Å². The molecule has 1 aromatic heterocycles. The standard InChI is InChI=1S/C10H12N4/c1-5-3-7-8(4-6(5)2)13-10(12)14-9(7)11/h3-4H,1-2H3,(H4,11,12,13,14). The molecule has 72 valence electrons. The van der Waals surface area contributed by atoms with E-state index in [1.165, 1.54) is 11.1 Å². The largest absolute Gasteiger partial charge is 0.383 e. The van der Waals surface area contributed by atoms with Crippen LogP contribution in [0.4, 0.5) is 11.8 Å². The van der Waals surface area contributed by atoms with Gasteiger partial charge in [0.1, 0.15) is 5.82 Å². The third-order valence-electron chi connectivity index (χ3n) is 2.36. The molecule has 0 atom stereocenters. The average Bonchev–Trinajstić information content (AvgIpc) is 2.08. The molecular weight excluding hydrogens is 176 g/mol. The molecule has 0 saturated heterocycles. The fraction of sp³-hybridized carbons (Fsp3) is 0.200. The molecule has 0 aliphatic heterocycles. The second kappa shape index (κ2) is 2.83. The summed E-state index contributed by atoms with van der Waals surface area (Å²) in [5, 5.41) is 0.863. The highest BCUT2D eigenvalue weighted by Gasteiger charge is 2.04. The van der Waals surface area contributed by atoms with Gasteiger partial charge < -0.3 is 11.5 Å². The summed E-state index contributed by atoms with van der Waals surface area (Å²) in [4.78, 5) is 8.04. The zero-order chi connectivity index (χ0) is 10.3. The Balaban J connectivity index is 2.89. The van der Waals surface area contributed by atoms with Gasteiger partial charge in [0, 0.05) is 5.39 Å². The van der Waals surface area contributed by atoms with Gasteiger partial charge in [-0.05, 0) is 37.1 Å². The lowest BCUT2D eigenvalue weighted by molar-refractivity contribution is 1.23. The van der Waals surface area contributed by atoms with E-state index in [-0.39, 0.29) is 5.95 Å². The Bertz CT molecular complexity index is 505. The first-order chi connectivity index (χ1) is 6.58. The molecule has 0 unspecified atom stereocenters. The second-order valence-corrected chi connectivity index (χ2v) is 3.42. The van der Waals surface area contributed by atoms with E-state index in [2.05, 4.69) is 9.97 Å². The number of anilines is 2. The van der Waals surface area contributed by atoms with Crippen molar-refractivity contribution >= 4 is 22.7 Å². The molecule has 2 aromatic rings. The molecule has 0 bridgehead atoms. The molecule has 4 nitrogen and oxygen atoms in total. The van der Waals surface area contributed by atoms with Crippen LogP contribution in [-0.2, 0) is 0 Å². The number of aromatic nitrogens is 2. The van der Waals surface area contributed by atoms with Crippen LogP contribution in [0.1, 0.15) is 11.1 Å². The van der Waals surface area contributed by atoms with Crippen molar-refractivity contribution in [3.05, 3.63) is 23.3 Å². The van der Waals surface area contributed by atoms with Crippen molar-refractivity contribution in [2.75, 3.05) is 11.5 Å². The summed E-state index contributed by atoms with van der Waals surface area (Å²) in [5.74, 6) is 0.661. The van der Waals surface area contributed by atoms with Gasteiger partial charge in [0.05, 0.1) is 5.52 Å². The van der Waals surface area contributed by atoms with E-state index in [0.29, 0.717) is 5.82 Å². The maximum Gasteiger partial charge on any atom is 0.222 e. The predicted molar refractivity (Wildman–Crippen MR) is 57.8 cm³/mol. The maximum atomic E-state index is 5.74. The van der Waals surface area contributed by atoms with E-state index < -0.39 is 0 Å². The van der Waals surface area contributed by atoms with Gasteiger partial charge in [0.25, 0.3) is 0 Å². The smallest absolute Gasteiger partial charge is 0.222 e. The van der Waals surface area contributed by atoms with Crippen molar-refractivity contribution < 1.29 is 0 Å². The molecule has 1 aromatic carbocycles. The molecule has 0 fully saturated rings. The molecule has 0 amide bonds. The highest BCUT2D eigenvalue weighted by Crippen LogP contribution is 2.22. The number of hydrogen-bond donors (Lipinski definition) is 2. The Kier molecular flexibility index (Phi) is 1.77. The molecule has 4 N–H and O–H groups in total. The minimum absolute atomic E-state index is 0.221. The number of benzene rings is 1. The van der Waals surface area contributed by atoms with Crippen LogP contribution in [0.5, 0.6) is 0 Å². The van der Waals surface area contributed by atoms with Gasteiger partial charge in [-0.2, -0.15) is 4.98 Å². The zero-order valence-electron chi connectivity index (χ0n) is 8.20. The Morgan fingerprint density at radius 1 is 1.00 bits per heavy atom. The number of rotatable bonds is 0. The van der Waals surface area contributed by atoms with Crippen LogP contribution in [-0.4, -0.2) is 9.97 Å². The summed E-state index contributed by atoms with van der Waals surface area (Å²) in [6.07, 6.45) is 0. The first-order valence-corrected chi connectivity index (χ1v) is 4.38. The molecule has 0 radical (unpaired) electrons. The van der Waals surface area contributed by atoms with Crippen molar-refractivity contribution in [2.24, 2.45) is 0 Å².